The van der Waals surface area contributed by atoms with E-state index in [0.29, 0.717) is 10.8 Å². The predicted octanol–water partition coefficient (Wildman–Crippen LogP) is 1.94. The smallest absolute Gasteiger partial charge is 0.253 e. The number of anilines is 2. The maximum Gasteiger partial charge on any atom is 0.253 e. The summed E-state index contributed by atoms with van der Waals surface area (Å²) in [4.78, 5) is 23.6. The number of nitrogens with two attached hydrogens (primary N) is 2. The highest BCUT2D eigenvalue weighted by molar-refractivity contribution is 7.99. The van der Waals surface area contributed by atoms with Gasteiger partial charge in [-0.3, -0.25) is 9.78 Å². The zero-order valence-corrected chi connectivity index (χ0v) is 12.1. The van der Waals surface area contributed by atoms with Crippen molar-refractivity contribution in [3.63, 3.8) is 0 Å². The van der Waals surface area contributed by atoms with Gasteiger partial charge < -0.3 is 16.5 Å². The van der Waals surface area contributed by atoms with Crippen molar-refractivity contribution in [1.82, 2.24) is 15.0 Å². The number of aromatic nitrogens is 3. The second kappa shape index (κ2) is 5.10. The fourth-order valence-corrected chi connectivity index (χ4v) is 3.04. The van der Waals surface area contributed by atoms with Gasteiger partial charge in [-0.2, -0.15) is 0 Å². The van der Waals surface area contributed by atoms with Gasteiger partial charge in [0.25, 0.3) is 5.56 Å². The standard InChI is InChI=1S/C14H13N5OS/c1-7-4-11(9-5-8(15)2-3-10(9)17-7)21-14-18-12(16)6-13(20)19-14/h2-6H,15H2,1H3,(H3,16,18,19,20). The van der Waals surface area contributed by atoms with Crippen LogP contribution in [0.1, 0.15) is 5.69 Å². The molecule has 3 rings (SSSR count). The van der Waals surface area contributed by atoms with Crippen molar-refractivity contribution in [2.45, 2.75) is 17.0 Å². The van der Waals surface area contributed by atoms with Crippen LogP contribution in [0.4, 0.5) is 11.5 Å². The minimum atomic E-state index is -0.278. The summed E-state index contributed by atoms with van der Waals surface area (Å²) in [7, 11) is 0. The number of nitrogens with one attached hydrogen (secondary N) is 1. The molecule has 0 bridgehead atoms. The molecular formula is C14H13N5OS. The van der Waals surface area contributed by atoms with Crippen LogP contribution in [0, 0.1) is 6.92 Å². The van der Waals surface area contributed by atoms with Crippen molar-refractivity contribution in [3.8, 4) is 0 Å². The molecule has 6 nitrogen and oxygen atoms in total. The maximum absolute atomic E-state index is 11.5. The molecule has 0 aliphatic heterocycles. The van der Waals surface area contributed by atoms with E-state index in [9.17, 15) is 4.79 Å². The molecule has 0 saturated carbocycles. The summed E-state index contributed by atoms with van der Waals surface area (Å²) in [5, 5.41) is 1.35. The molecule has 1 aromatic carbocycles. The van der Waals surface area contributed by atoms with Crippen LogP contribution in [0.3, 0.4) is 0 Å². The third-order valence-electron chi connectivity index (χ3n) is 2.87. The Bertz CT molecular complexity index is 890. The number of hydrogen-bond donors (Lipinski definition) is 3. The fraction of sp³-hybridized carbons (Fsp3) is 0.0714. The Morgan fingerprint density at radius 3 is 2.71 bits per heavy atom. The second-order valence-corrected chi connectivity index (χ2v) is 5.65. The summed E-state index contributed by atoms with van der Waals surface area (Å²) in [5.41, 5.74) is 13.5. The van der Waals surface area contributed by atoms with Crippen LogP contribution in [0.2, 0.25) is 0 Å². The number of rotatable bonds is 2. The van der Waals surface area contributed by atoms with Crippen LogP contribution in [-0.4, -0.2) is 15.0 Å². The first-order valence-electron chi connectivity index (χ1n) is 6.23. The summed E-state index contributed by atoms with van der Waals surface area (Å²) in [6.07, 6.45) is 0. The van der Waals surface area contributed by atoms with Gasteiger partial charge in [-0.25, -0.2) is 4.98 Å². The highest BCUT2D eigenvalue weighted by atomic mass is 32.2. The molecule has 2 heterocycles. The van der Waals surface area contributed by atoms with Crippen molar-refractivity contribution in [3.05, 3.63) is 46.4 Å². The molecule has 21 heavy (non-hydrogen) atoms. The van der Waals surface area contributed by atoms with Crippen molar-refractivity contribution >= 4 is 34.2 Å². The highest BCUT2D eigenvalue weighted by Crippen LogP contribution is 2.32. The Hall–Kier alpha value is -2.54. The van der Waals surface area contributed by atoms with Crippen LogP contribution >= 0.6 is 11.8 Å². The Labute approximate surface area is 124 Å². The average molecular weight is 299 g/mol. The number of nitrogen functional groups attached to an aromatic ring is 2. The lowest BCUT2D eigenvalue weighted by Gasteiger charge is -2.08. The predicted molar refractivity (Wildman–Crippen MR) is 84.3 cm³/mol. The zero-order chi connectivity index (χ0) is 15.0. The number of benzene rings is 1. The van der Waals surface area contributed by atoms with E-state index in [4.69, 9.17) is 11.5 Å². The number of aryl methyl sites for hydroxylation is 1. The number of fused-ring (bicyclic) bond motifs is 1. The molecule has 0 atom stereocenters. The molecule has 0 saturated heterocycles. The van der Waals surface area contributed by atoms with Gasteiger partial charge in [-0.1, -0.05) is 11.8 Å². The van der Waals surface area contributed by atoms with Crippen LogP contribution in [0.15, 0.2) is 45.2 Å². The quantitative estimate of drug-likeness (QED) is 0.492. The second-order valence-electron chi connectivity index (χ2n) is 4.62. The summed E-state index contributed by atoms with van der Waals surface area (Å²) in [6, 6.07) is 8.71. The van der Waals surface area contributed by atoms with Gasteiger partial charge in [-0.15, -0.1) is 0 Å². The molecule has 0 spiro atoms. The van der Waals surface area contributed by atoms with Gasteiger partial charge in [0.2, 0.25) is 0 Å². The lowest BCUT2D eigenvalue weighted by atomic mass is 10.2. The van der Waals surface area contributed by atoms with Crippen molar-refractivity contribution in [2.75, 3.05) is 11.5 Å². The molecule has 0 aliphatic rings. The van der Waals surface area contributed by atoms with Crippen molar-refractivity contribution in [2.24, 2.45) is 0 Å². The molecule has 7 heteroatoms. The van der Waals surface area contributed by atoms with Gasteiger partial charge in [0, 0.05) is 27.7 Å². The van der Waals surface area contributed by atoms with E-state index in [0.717, 1.165) is 21.5 Å². The highest BCUT2D eigenvalue weighted by Gasteiger charge is 2.08. The summed E-state index contributed by atoms with van der Waals surface area (Å²) >= 11 is 1.33. The molecule has 0 radical (unpaired) electrons. The van der Waals surface area contributed by atoms with Crippen LogP contribution in [0.5, 0.6) is 0 Å². The zero-order valence-electron chi connectivity index (χ0n) is 11.3. The Balaban J connectivity index is 2.15. The van der Waals surface area contributed by atoms with E-state index in [1.54, 1.807) is 0 Å². The molecule has 2 aromatic heterocycles. The third-order valence-corrected chi connectivity index (χ3v) is 3.81. The molecule has 0 amide bonds. The van der Waals surface area contributed by atoms with E-state index < -0.39 is 0 Å². The largest absolute Gasteiger partial charge is 0.399 e. The Morgan fingerprint density at radius 2 is 1.95 bits per heavy atom. The third kappa shape index (κ3) is 2.82. The molecule has 3 aromatic rings. The molecule has 106 valence electrons. The molecule has 0 fully saturated rings. The van der Waals surface area contributed by atoms with Crippen molar-refractivity contribution < 1.29 is 0 Å². The van der Waals surface area contributed by atoms with Gasteiger partial charge in [0.15, 0.2) is 5.16 Å². The lowest BCUT2D eigenvalue weighted by Crippen LogP contribution is -2.09. The number of pyridine rings is 1. The average Bonchev–Trinajstić information content (AvgIpc) is 2.38. The van der Waals surface area contributed by atoms with Gasteiger partial charge in [0.1, 0.15) is 5.82 Å². The monoisotopic (exact) mass is 299 g/mol. The Morgan fingerprint density at radius 1 is 1.14 bits per heavy atom. The van der Waals surface area contributed by atoms with Crippen molar-refractivity contribution in [1.29, 1.82) is 0 Å². The number of aromatic amines is 1. The van der Waals surface area contributed by atoms with Crippen LogP contribution in [0.25, 0.3) is 10.9 Å². The first-order chi connectivity index (χ1) is 10.0. The molecular weight excluding hydrogens is 286 g/mol. The summed E-state index contributed by atoms with van der Waals surface area (Å²) in [6.45, 7) is 1.91. The van der Waals surface area contributed by atoms with E-state index in [1.807, 2.05) is 31.2 Å². The molecule has 0 unspecified atom stereocenters. The van der Waals surface area contributed by atoms with Crippen LogP contribution in [-0.2, 0) is 0 Å². The summed E-state index contributed by atoms with van der Waals surface area (Å²) in [5.74, 6) is 0.191. The lowest BCUT2D eigenvalue weighted by molar-refractivity contribution is 0.945. The fourth-order valence-electron chi connectivity index (χ4n) is 2.03. The summed E-state index contributed by atoms with van der Waals surface area (Å²) < 4.78 is 0. The normalized spacial score (nSPS) is 10.9. The minimum Gasteiger partial charge on any atom is -0.399 e. The van der Waals surface area contributed by atoms with E-state index in [1.165, 1.54) is 17.8 Å². The SMILES string of the molecule is Cc1cc(Sc2nc(N)cc(=O)[nH]2)c2cc(N)ccc2n1. The topological polar surface area (TPSA) is 111 Å². The van der Waals surface area contributed by atoms with E-state index in [-0.39, 0.29) is 11.4 Å². The molecule has 0 aliphatic carbocycles. The number of nitrogens with zero attached hydrogens (tertiary/aromatic N) is 2. The van der Waals surface area contributed by atoms with E-state index >= 15 is 0 Å². The number of hydrogen-bond acceptors (Lipinski definition) is 6. The first-order valence-corrected chi connectivity index (χ1v) is 7.04. The van der Waals surface area contributed by atoms with Gasteiger partial charge in [-0.05, 0) is 31.2 Å². The number of H-pyrrole nitrogens is 1. The van der Waals surface area contributed by atoms with E-state index in [2.05, 4.69) is 15.0 Å². The maximum atomic E-state index is 11.5. The Kier molecular flexibility index (Phi) is 3.26. The first kappa shape index (κ1) is 13.4. The minimum absolute atomic E-state index is 0.191. The van der Waals surface area contributed by atoms with Gasteiger partial charge >= 0.3 is 0 Å². The van der Waals surface area contributed by atoms with Gasteiger partial charge in [0.05, 0.1) is 5.52 Å². The van der Waals surface area contributed by atoms with Crippen LogP contribution < -0.4 is 17.0 Å². The molecule has 5 N–H and O–H groups in total.